The van der Waals surface area contributed by atoms with Gasteiger partial charge in [-0.05, 0) is 30.2 Å². The number of nitrogens with zero attached hydrogens (tertiary/aromatic N) is 1. The summed E-state index contributed by atoms with van der Waals surface area (Å²) in [6, 6.07) is 13.4. The van der Waals surface area contributed by atoms with E-state index in [2.05, 4.69) is 5.32 Å². The number of nitrogens with two attached hydrogens (primary N) is 1. The lowest BCUT2D eigenvalue weighted by Gasteiger charge is -2.05. The number of nitro benzene ring substituents is 1. The number of carbonyl (C=O) groups excluding carboxylic acids is 2. The van der Waals surface area contributed by atoms with Crippen LogP contribution in [-0.2, 0) is 6.42 Å². The van der Waals surface area contributed by atoms with Crippen LogP contribution in [0.1, 0.15) is 36.7 Å². The minimum Gasteiger partial charge on any atom is -0.365 e. The second-order valence-corrected chi connectivity index (χ2v) is 7.77. The predicted octanol–water partition coefficient (Wildman–Crippen LogP) is 4.56. The third-order valence-corrected chi connectivity index (χ3v) is 5.86. The molecule has 0 saturated heterocycles. The zero-order valence-corrected chi connectivity index (χ0v) is 16.8. The summed E-state index contributed by atoms with van der Waals surface area (Å²) < 4.78 is 0. The zero-order chi connectivity index (χ0) is 21.1. The van der Waals surface area contributed by atoms with Gasteiger partial charge < -0.3 is 11.1 Å². The van der Waals surface area contributed by atoms with Gasteiger partial charge in [0.1, 0.15) is 10.0 Å². The first kappa shape index (κ1) is 20.5. The van der Waals surface area contributed by atoms with E-state index in [1.54, 1.807) is 6.92 Å². The second-order valence-electron chi connectivity index (χ2n) is 6.26. The first-order valence-corrected chi connectivity index (χ1v) is 9.68. The number of hydrogen-bond donors (Lipinski definition) is 2. The number of nitrogens with one attached hydrogen (secondary N) is 1. The van der Waals surface area contributed by atoms with Gasteiger partial charge in [-0.15, -0.1) is 11.3 Å². The van der Waals surface area contributed by atoms with Crippen LogP contribution >= 0.6 is 22.9 Å². The number of benzene rings is 2. The number of rotatable bonds is 6. The molecule has 9 heteroatoms. The maximum atomic E-state index is 12.6. The standard InChI is InChI=1S/C20H16ClN3O4S/c1-11-16(9-12-5-3-2-4-6-12)29-20(17(11)18(22)25)23-19(26)13-7-8-14(21)15(10-13)24(27)28/h2-8,10H,9H2,1H3,(H2,22,25)(H,23,26). The molecule has 0 spiro atoms. The Labute approximate surface area is 175 Å². The molecule has 1 heterocycles. The summed E-state index contributed by atoms with van der Waals surface area (Å²) in [5.74, 6) is -1.25. The van der Waals surface area contributed by atoms with E-state index in [9.17, 15) is 19.7 Å². The number of primary amides is 1. The molecule has 0 unspecified atom stereocenters. The van der Waals surface area contributed by atoms with Gasteiger partial charge in [0.15, 0.2) is 0 Å². The van der Waals surface area contributed by atoms with Gasteiger partial charge in [0.25, 0.3) is 17.5 Å². The highest BCUT2D eigenvalue weighted by atomic mass is 35.5. The molecule has 0 aliphatic rings. The van der Waals surface area contributed by atoms with E-state index in [4.69, 9.17) is 17.3 Å². The van der Waals surface area contributed by atoms with E-state index < -0.39 is 16.7 Å². The van der Waals surface area contributed by atoms with E-state index in [1.807, 2.05) is 30.3 Å². The predicted molar refractivity (Wildman–Crippen MR) is 113 cm³/mol. The summed E-state index contributed by atoms with van der Waals surface area (Å²) in [5.41, 5.74) is 7.19. The number of carbonyl (C=O) groups is 2. The molecular formula is C20H16ClN3O4S. The van der Waals surface area contributed by atoms with Gasteiger partial charge in [0.2, 0.25) is 0 Å². The fourth-order valence-corrected chi connectivity index (χ4v) is 4.29. The molecule has 0 fully saturated rings. The third-order valence-electron chi connectivity index (χ3n) is 4.33. The monoisotopic (exact) mass is 429 g/mol. The Morgan fingerprint density at radius 3 is 2.52 bits per heavy atom. The topological polar surface area (TPSA) is 115 Å². The maximum absolute atomic E-state index is 12.6. The van der Waals surface area contributed by atoms with Crippen LogP contribution in [0, 0.1) is 17.0 Å². The first-order chi connectivity index (χ1) is 13.8. The summed E-state index contributed by atoms with van der Waals surface area (Å²) in [6.07, 6.45) is 0.583. The van der Waals surface area contributed by atoms with Crippen molar-refractivity contribution in [2.75, 3.05) is 5.32 Å². The second kappa shape index (κ2) is 8.42. The zero-order valence-electron chi connectivity index (χ0n) is 15.3. The minimum absolute atomic E-state index is 0.0483. The number of nitro groups is 1. The molecule has 2 amide bonds. The number of halogens is 1. The molecule has 0 saturated carbocycles. The van der Waals surface area contributed by atoms with Crippen LogP contribution < -0.4 is 11.1 Å². The molecule has 7 nitrogen and oxygen atoms in total. The van der Waals surface area contributed by atoms with Crippen LogP contribution in [0.2, 0.25) is 5.02 Å². The number of hydrogen-bond acceptors (Lipinski definition) is 5. The molecule has 0 aliphatic carbocycles. The van der Waals surface area contributed by atoms with Crippen molar-refractivity contribution in [1.29, 1.82) is 0 Å². The summed E-state index contributed by atoms with van der Waals surface area (Å²) >= 11 is 7.04. The highest BCUT2D eigenvalue weighted by Crippen LogP contribution is 2.35. The van der Waals surface area contributed by atoms with Crippen molar-refractivity contribution in [3.05, 3.63) is 90.8 Å². The highest BCUT2D eigenvalue weighted by Gasteiger charge is 2.22. The Hall–Kier alpha value is -3.23. The number of amides is 2. The fraction of sp³-hybridized carbons (Fsp3) is 0.100. The van der Waals surface area contributed by atoms with Crippen molar-refractivity contribution in [2.45, 2.75) is 13.3 Å². The van der Waals surface area contributed by atoms with E-state index in [0.717, 1.165) is 16.5 Å². The lowest BCUT2D eigenvalue weighted by molar-refractivity contribution is -0.384. The number of thiophene rings is 1. The molecular weight excluding hydrogens is 414 g/mol. The van der Waals surface area contributed by atoms with Crippen molar-refractivity contribution in [1.82, 2.24) is 0 Å². The van der Waals surface area contributed by atoms with Gasteiger partial charge in [0, 0.05) is 22.9 Å². The van der Waals surface area contributed by atoms with E-state index in [0.29, 0.717) is 17.0 Å². The SMILES string of the molecule is Cc1c(Cc2ccccc2)sc(NC(=O)c2ccc(Cl)c([N+](=O)[O-])c2)c1C(N)=O. The van der Waals surface area contributed by atoms with Crippen molar-refractivity contribution in [3.63, 3.8) is 0 Å². The van der Waals surface area contributed by atoms with Crippen LogP contribution in [-0.4, -0.2) is 16.7 Å². The molecule has 29 heavy (non-hydrogen) atoms. The average Bonchev–Trinajstić information content (AvgIpc) is 2.97. The van der Waals surface area contributed by atoms with Crippen molar-refractivity contribution >= 4 is 45.4 Å². The van der Waals surface area contributed by atoms with Gasteiger partial charge >= 0.3 is 0 Å². The van der Waals surface area contributed by atoms with Crippen LogP contribution in [0.4, 0.5) is 10.7 Å². The molecule has 3 rings (SSSR count). The first-order valence-electron chi connectivity index (χ1n) is 8.49. The van der Waals surface area contributed by atoms with Crippen molar-refractivity contribution < 1.29 is 14.5 Å². The smallest absolute Gasteiger partial charge is 0.288 e. The lowest BCUT2D eigenvalue weighted by atomic mass is 10.1. The van der Waals surface area contributed by atoms with Crippen LogP contribution in [0.25, 0.3) is 0 Å². The summed E-state index contributed by atoms with van der Waals surface area (Å²) in [7, 11) is 0. The Kier molecular flexibility index (Phi) is 5.95. The highest BCUT2D eigenvalue weighted by molar-refractivity contribution is 7.17. The Balaban J connectivity index is 1.93. The largest absolute Gasteiger partial charge is 0.365 e. The molecule has 3 aromatic rings. The maximum Gasteiger partial charge on any atom is 0.288 e. The molecule has 0 aliphatic heterocycles. The van der Waals surface area contributed by atoms with Gasteiger partial charge in [-0.3, -0.25) is 19.7 Å². The lowest BCUT2D eigenvalue weighted by Crippen LogP contribution is -2.17. The van der Waals surface area contributed by atoms with E-state index >= 15 is 0 Å². The van der Waals surface area contributed by atoms with Gasteiger partial charge in [-0.2, -0.15) is 0 Å². The number of anilines is 1. The Morgan fingerprint density at radius 1 is 1.21 bits per heavy atom. The molecule has 1 aromatic heterocycles. The molecule has 148 valence electrons. The molecule has 0 bridgehead atoms. The van der Waals surface area contributed by atoms with Gasteiger partial charge in [-0.25, -0.2) is 0 Å². The van der Waals surface area contributed by atoms with Crippen LogP contribution in [0.15, 0.2) is 48.5 Å². The summed E-state index contributed by atoms with van der Waals surface area (Å²) in [6.45, 7) is 1.78. The molecule has 0 atom stereocenters. The third kappa shape index (κ3) is 4.44. The normalized spacial score (nSPS) is 10.6. The van der Waals surface area contributed by atoms with Gasteiger partial charge in [-0.1, -0.05) is 41.9 Å². The van der Waals surface area contributed by atoms with Crippen molar-refractivity contribution in [3.8, 4) is 0 Å². The molecule has 3 N–H and O–H groups in total. The average molecular weight is 430 g/mol. The fourth-order valence-electron chi connectivity index (χ4n) is 2.86. The van der Waals surface area contributed by atoms with Crippen molar-refractivity contribution in [2.24, 2.45) is 5.73 Å². The van der Waals surface area contributed by atoms with E-state index in [-0.39, 0.29) is 21.8 Å². The quantitative estimate of drug-likeness (QED) is 0.441. The molecule has 0 radical (unpaired) electrons. The minimum atomic E-state index is -0.665. The van der Waals surface area contributed by atoms with Gasteiger partial charge in [0.05, 0.1) is 10.5 Å². The Bertz CT molecular complexity index is 1110. The molecule has 2 aromatic carbocycles. The van der Waals surface area contributed by atoms with E-state index in [1.165, 1.54) is 23.5 Å². The Morgan fingerprint density at radius 2 is 1.90 bits per heavy atom. The van der Waals surface area contributed by atoms with Crippen LogP contribution in [0.3, 0.4) is 0 Å². The summed E-state index contributed by atoms with van der Waals surface area (Å²) in [5, 5.41) is 13.9. The summed E-state index contributed by atoms with van der Waals surface area (Å²) in [4.78, 5) is 35.9. The van der Waals surface area contributed by atoms with Crippen LogP contribution in [0.5, 0.6) is 0 Å².